The molecule has 0 unspecified atom stereocenters. The number of nitrogens with zero attached hydrogens (tertiary/aromatic N) is 2. The molecule has 1 aliphatic heterocycles. The number of fused-ring (bicyclic) bond motifs is 1. The van der Waals surface area contributed by atoms with Crippen LogP contribution in [0.4, 0.5) is 0 Å². The number of carbonyl (C=O) groups is 1. The molecule has 0 aliphatic carbocycles. The van der Waals surface area contributed by atoms with Gasteiger partial charge in [0, 0.05) is 18.3 Å². The number of thioether (sulfide) groups is 1. The van der Waals surface area contributed by atoms with Gasteiger partial charge in [-0.2, -0.15) is 11.8 Å². The second kappa shape index (κ2) is 8.69. The lowest BCUT2D eigenvalue weighted by Crippen LogP contribution is -2.42. The Morgan fingerprint density at radius 3 is 2.80 bits per heavy atom. The van der Waals surface area contributed by atoms with Crippen molar-refractivity contribution in [3.63, 3.8) is 0 Å². The topological polar surface area (TPSA) is 92.1 Å². The number of H-pyrrole nitrogens is 1. The van der Waals surface area contributed by atoms with E-state index in [0.29, 0.717) is 22.2 Å². The van der Waals surface area contributed by atoms with Gasteiger partial charge in [0.25, 0.3) is 5.56 Å². The highest BCUT2D eigenvalue weighted by Gasteiger charge is 2.22. The first-order chi connectivity index (χ1) is 11.6. The fourth-order valence-electron chi connectivity index (χ4n) is 3.02. The number of para-hydroxylation sites is 1. The molecule has 8 heteroatoms. The number of hydrogen-bond acceptors (Lipinski definition) is 5. The number of nitrogens with one attached hydrogen (secondary N) is 1. The number of amides is 1. The van der Waals surface area contributed by atoms with Gasteiger partial charge in [-0.1, -0.05) is 12.1 Å². The van der Waals surface area contributed by atoms with Crippen LogP contribution in [0.5, 0.6) is 0 Å². The molecular formula is C17H23ClN4O2S. The molecule has 2 heterocycles. The van der Waals surface area contributed by atoms with Crippen molar-refractivity contribution in [2.24, 2.45) is 5.73 Å². The maximum Gasteiger partial charge on any atom is 0.258 e. The van der Waals surface area contributed by atoms with Crippen molar-refractivity contribution in [2.75, 3.05) is 19.6 Å². The largest absolute Gasteiger partial charge is 0.342 e. The number of rotatable bonds is 4. The summed E-state index contributed by atoms with van der Waals surface area (Å²) in [5, 5.41) is 1.11. The van der Waals surface area contributed by atoms with Gasteiger partial charge in [0.2, 0.25) is 5.91 Å². The molecule has 0 atom stereocenters. The summed E-state index contributed by atoms with van der Waals surface area (Å²) in [5.74, 6) is 1.41. The highest BCUT2D eigenvalue weighted by Crippen LogP contribution is 2.26. The Kier molecular flexibility index (Phi) is 6.87. The van der Waals surface area contributed by atoms with Crippen LogP contribution >= 0.6 is 24.2 Å². The Morgan fingerprint density at radius 1 is 1.40 bits per heavy atom. The van der Waals surface area contributed by atoms with Crippen LogP contribution in [-0.4, -0.2) is 45.7 Å². The van der Waals surface area contributed by atoms with Crippen LogP contribution in [0.1, 0.15) is 24.2 Å². The summed E-state index contributed by atoms with van der Waals surface area (Å²) in [5.41, 5.74) is 7.12. The Bertz CT molecular complexity index is 803. The van der Waals surface area contributed by atoms with Gasteiger partial charge < -0.3 is 15.6 Å². The number of hydrogen-bond donors (Lipinski definition) is 2. The molecule has 0 radical (unpaired) electrons. The summed E-state index contributed by atoms with van der Waals surface area (Å²) in [4.78, 5) is 33.1. The molecule has 1 aromatic heterocycles. The lowest BCUT2D eigenvalue weighted by Gasteiger charge is -2.31. The van der Waals surface area contributed by atoms with Crippen LogP contribution in [-0.2, 0) is 10.5 Å². The van der Waals surface area contributed by atoms with Crippen LogP contribution in [0.2, 0.25) is 0 Å². The Morgan fingerprint density at radius 2 is 2.12 bits per heavy atom. The molecule has 1 aliphatic rings. The van der Waals surface area contributed by atoms with E-state index in [0.717, 1.165) is 37.0 Å². The van der Waals surface area contributed by atoms with Crippen molar-refractivity contribution in [2.45, 2.75) is 30.8 Å². The van der Waals surface area contributed by atoms with Gasteiger partial charge in [0.05, 0.1) is 23.2 Å². The molecule has 1 aromatic carbocycles. The minimum absolute atomic E-state index is 0. The van der Waals surface area contributed by atoms with Crippen LogP contribution in [0, 0.1) is 6.92 Å². The van der Waals surface area contributed by atoms with Crippen LogP contribution < -0.4 is 11.3 Å². The van der Waals surface area contributed by atoms with E-state index in [4.69, 9.17) is 5.73 Å². The summed E-state index contributed by atoms with van der Waals surface area (Å²) in [6, 6.07) is 5.64. The summed E-state index contributed by atoms with van der Waals surface area (Å²) in [6.45, 7) is 3.57. The van der Waals surface area contributed by atoms with Gasteiger partial charge in [0.15, 0.2) is 0 Å². The SMILES string of the molecule is Cc1cccc2c(=O)[nH]c(CSC3CCN(C(=O)CN)CC3)nc12.Cl. The molecule has 136 valence electrons. The smallest absolute Gasteiger partial charge is 0.258 e. The number of aryl methyl sites for hydroxylation is 1. The van der Waals surface area contributed by atoms with E-state index in [1.54, 1.807) is 17.8 Å². The number of carbonyl (C=O) groups excluding carboxylic acids is 1. The number of piperidine rings is 1. The Hall–Kier alpha value is -1.57. The fourth-order valence-corrected chi connectivity index (χ4v) is 4.09. The number of aromatic nitrogens is 2. The van der Waals surface area contributed by atoms with E-state index >= 15 is 0 Å². The maximum absolute atomic E-state index is 12.2. The number of halogens is 1. The standard InChI is InChI=1S/C17H22N4O2S.ClH/c1-11-3-2-4-13-16(11)19-14(20-17(13)23)10-24-12-5-7-21(8-6-12)15(22)9-18;/h2-4,12H,5-10,18H2,1H3,(H,19,20,23);1H. The molecule has 1 amide bonds. The van der Waals surface area contributed by atoms with Crippen molar-refractivity contribution in [1.29, 1.82) is 0 Å². The molecule has 0 saturated carbocycles. The molecular weight excluding hydrogens is 360 g/mol. The van der Waals surface area contributed by atoms with Crippen LogP contribution in [0.3, 0.4) is 0 Å². The number of benzene rings is 1. The monoisotopic (exact) mass is 382 g/mol. The molecule has 25 heavy (non-hydrogen) atoms. The first-order valence-electron chi connectivity index (χ1n) is 8.16. The van der Waals surface area contributed by atoms with Crippen molar-refractivity contribution < 1.29 is 4.79 Å². The van der Waals surface area contributed by atoms with E-state index in [-0.39, 0.29) is 30.4 Å². The number of aromatic amines is 1. The van der Waals surface area contributed by atoms with E-state index in [1.807, 2.05) is 24.0 Å². The summed E-state index contributed by atoms with van der Waals surface area (Å²) >= 11 is 1.79. The zero-order chi connectivity index (χ0) is 17.1. The molecule has 0 spiro atoms. The Balaban J connectivity index is 0.00000225. The molecule has 1 saturated heterocycles. The minimum Gasteiger partial charge on any atom is -0.342 e. The van der Waals surface area contributed by atoms with Gasteiger partial charge in [-0.15, -0.1) is 12.4 Å². The molecule has 1 fully saturated rings. The van der Waals surface area contributed by atoms with Gasteiger partial charge in [-0.25, -0.2) is 4.98 Å². The normalized spacial score (nSPS) is 15.2. The summed E-state index contributed by atoms with van der Waals surface area (Å²) in [7, 11) is 0. The lowest BCUT2D eigenvalue weighted by molar-refractivity contribution is -0.130. The van der Waals surface area contributed by atoms with Crippen molar-refractivity contribution in [3.05, 3.63) is 39.9 Å². The van der Waals surface area contributed by atoms with E-state index < -0.39 is 0 Å². The van der Waals surface area contributed by atoms with Gasteiger partial charge in [-0.05, 0) is 31.4 Å². The molecule has 3 N–H and O–H groups in total. The van der Waals surface area contributed by atoms with Crippen LogP contribution in [0.25, 0.3) is 10.9 Å². The van der Waals surface area contributed by atoms with Crippen molar-refractivity contribution in [3.8, 4) is 0 Å². The van der Waals surface area contributed by atoms with Crippen LogP contribution in [0.15, 0.2) is 23.0 Å². The summed E-state index contributed by atoms with van der Waals surface area (Å²) < 4.78 is 0. The molecule has 2 aromatic rings. The molecule has 3 rings (SSSR count). The zero-order valence-electron chi connectivity index (χ0n) is 14.2. The first-order valence-corrected chi connectivity index (χ1v) is 9.21. The van der Waals surface area contributed by atoms with E-state index in [9.17, 15) is 9.59 Å². The predicted octanol–water partition coefficient (Wildman–Crippen LogP) is 1.84. The molecule has 6 nitrogen and oxygen atoms in total. The van der Waals surface area contributed by atoms with Gasteiger partial charge in [0.1, 0.15) is 5.82 Å². The average molecular weight is 383 g/mol. The fraction of sp³-hybridized carbons (Fsp3) is 0.471. The van der Waals surface area contributed by atoms with E-state index in [1.165, 1.54) is 0 Å². The van der Waals surface area contributed by atoms with E-state index in [2.05, 4.69) is 9.97 Å². The third-order valence-electron chi connectivity index (χ3n) is 4.41. The first kappa shape index (κ1) is 19.8. The van der Waals surface area contributed by atoms with Crippen molar-refractivity contribution in [1.82, 2.24) is 14.9 Å². The second-order valence-corrected chi connectivity index (χ2v) is 7.37. The quantitative estimate of drug-likeness (QED) is 0.841. The summed E-state index contributed by atoms with van der Waals surface area (Å²) in [6.07, 6.45) is 1.90. The van der Waals surface area contributed by atoms with Crippen molar-refractivity contribution >= 4 is 41.0 Å². The number of nitrogens with two attached hydrogens (primary N) is 1. The highest BCUT2D eigenvalue weighted by atomic mass is 35.5. The molecule has 0 bridgehead atoms. The Labute approximate surface area is 157 Å². The van der Waals surface area contributed by atoms with Gasteiger partial charge in [-0.3, -0.25) is 9.59 Å². The minimum atomic E-state index is -0.0809. The lowest BCUT2D eigenvalue weighted by atomic mass is 10.1. The average Bonchev–Trinajstić information content (AvgIpc) is 2.60. The predicted molar refractivity (Wildman–Crippen MR) is 104 cm³/mol. The number of likely N-dealkylation sites (tertiary alicyclic amines) is 1. The third kappa shape index (κ3) is 4.54. The highest BCUT2D eigenvalue weighted by molar-refractivity contribution is 7.99. The third-order valence-corrected chi connectivity index (χ3v) is 5.79. The second-order valence-electron chi connectivity index (χ2n) is 6.08. The maximum atomic E-state index is 12.2. The zero-order valence-corrected chi connectivity index (χ0v) is 15.8. The van der Waals surface area contributed by atoms with Gasteiger partial charge >= 0.3 is 0 Å².